The Balaban J connectivity index is 2.35. The van der Waals surface area contributed by atoms with E-state index in [-0.39, 0.29) is 5.56 Å². The third-order valence-electron chi connectivity index (χ3n) is 3.43. The molecule has 3 rings (SSSR count). The van der Waals surface area contributed by atoms with Crippen LogP contribution in [-0.2, 0) is 0 Å². The Morgan fingerprint density at radius 2 is 2.26 bits per heavy atom. The van der Waals surface area contributed by atoms with E-state index in [4.69, 9.17) is 16.0 Å². The van der Waals surface area contributed by atoms with E-state index >= 15 is 0 Å². The van der Waals surface area contributed by atoms with Gasteiger partial charge in [-0.3, -0.25) is 14.4 Å². The van der Waals surface area contributed by atoms with E-state index in [9.17, 15) is 4.79 Å². The normalized spacial score (nSPS) is 13.1. The Morgan fingerprint density at radius 3 is 3.04 bits per heavy atom. The van der Waals surface area contributed by atoms with Gasteiger partial charge in [0.25, 0.3) is 5.56 Å². The van der Waals surface area contributed by atoms with Crippen molar-refractivity contribution in [3.8, 4) is 0 Å². The number of oxazole rings is 1. The number of hydrogen-bond acceptors (Lipinski definition) is 4. The van der Waals surface area contributed by atoms with Crippen LogP contribution in [0, 0.1) is 0 Å². The second-order valence-electron chi connectivity index (χ2n) is 4.89. The lowest BCUT2D eigenvalue weighted by atomic mass is 10.2. The first-order valence-electron chi connectivity index (χ1n) is 7.02. The minimum atomic E-state index is -0.246. The van der Waals surface area contributed by atoms with Crippen molar-refractivity contribution < 1.29 is 4.42 Å². The van der Waals surface area contributed by atoms with Gasteiger partial charge in [-0.1, -0.05) is 11.6 Å². The van der Waals surface area contributed by atoms with Crippen LogP contribution >= 0.6 is 11.6 Å². The topological polar surface area (TPSA) is 60.4 Å². The Kier molecular flexibility index (Phi) is 4.12. The molecule has 3 aromatic rings. The molecule has 6 heteroatoms. The highest BCUT2D eigenvalue weighted by atomic mass is 35.5. The van der Waals surface area contributed by atoms with Crippen LogP contribution in [0.25, 0.3) is 27.7 Å². The van der Waals surface area contributed by atoms with Crippen LogP contribution in [0.4, 0.5) is 0 Å². The summed E-state index contributed by atoms with van der Waals surface area (Å²) in [5.74, 6) is 0. The number of aliphatic imine (C=N–C) groups is 1. The molecular weight excluding hydrogens is 314 g/mol. The van der Waals surface area contributed by atoms with Gasteiger partial charge in [-0.15, -0.1) is 0 Å². The quantitative estimate of drug-likeness (QED) is 0.533. The van der Waals surface area contributed by atoms with Crippen LogP contribution in [0.5, 0.6) is 0 Å². The second-order valence-corrected chi connectivity index (χ2v) is 5.33. The van der Waals surface area contributed by atoms with Crippen molar-refractivity contribution in [2.45, 2.75) is 13.8 Å². The smallest absolute Gasteiger partial charge is 0.285 e. The van der Waals surface area contributed by atoms with Gasteiger partial charge >= 0.3 is 0 Å². The average molecular weight is 328 g/mol. The van der Waals surface area contributed by atoms with Crippen LogP contribution in [-0.4, -0.2) is 15.8 Å². The molecule has 0 aliphatic carbocycles. The molecule has 0 saturated heterocycles. The minimum Gasteiger partial charge on any atom is -0.443 e. The molecule has 2 aromatic heterocycles. The molecule has 0 radical (unpaired) electrons. The molecule has 23 heavy (non-hydrogen) atoms. The monoisotopic (exact) mass is 327 g/mol. The van der Waals surface area contributed by atoms with Crippen LogP contribution in [0.1, 0.15) is 13.8 Å². The lowest BCUT2D eigenvalue weighted by Gasteiger charge is -2.10. The predicted octanol–water partition coefficient (Wildman–Crippen LogP) is 4.26. The fraction of sp³-hybridized carbons (Fsp3) is 0.118. The SMILES string of the molecule is C/C=N/C=C\C=C(/C)n1c(=O)c2ncoc2c2ccc(Cl)cc21. The van der Waals surface area contributed by atoms with Crippen molar-refractivity contribution in [2.75, 3.05) is 0 Å². The highest BCUT2D eigenvalue weighted by Crippen LogP contribution is 2.26. The van der Waals surface area contributed by atoms with E-state index < -0.39 is 0 Å². The van der Waals surface area contributed by atoms with Gasteiger partial charge in [0.2, 0.25) is 0 Å². The van der Waals surface area contributed by atoms with Crippen molar-refractivity contribution in [3.63, 3.8) is 0 Å². The van der Waals surface area contributed by atoms with Crippen LogP contribution in [0.2, 0.25) is 5.02 Å². The van der Waals surface area contributed by atoms with Gasteiger partial charge in [0, 0.05) is 28.5 Å². The standard InChI is InChI=1S/C17H14ClN3O2/c1-3-19-8-4-5-11(2)21-14-9-12(18)6-7-13(14)16-15(17(21)22)20-10-23-16/h3-10H,1-2H3/b8-4-,11-5+,19-3+. The molecule has 0 spiro atoms. The Hall–Kier alpha value is -2.66. The van der Waals surface area contributed by atoms with E-state index in [1.54, 1.807) is 41.3 Å². The highest BCUT2D eigenvalue weighted by Gasteiger charge is 2.15. The van der Waals surface area contributed by atoms with Crippen LogP contribution in [0.3, 0.4) is 0 Å². The maximum atomic E-state index is 12.7. The maximum absolute atomic E-state index is 12.7. The fourth-order valence-corrected chi connectivity index (χ4v) is 2.60. The van der Waals surface area contributed by atoms with Gasteiger partial charge in [-0.25, -0.2) is 4.98 Å². The molecule has 2 heterocycles. The fourth-order valence-electron chi connectivity index (χ4n) is 2.43. The zero-order valence-corrected chi connectivity index (χ0v) is 13.4. The molecule has 0 unspecified atom stereocenters. The summed E-state index contributed by atoms with van der Waals surface area (Å²) in [6.07, 6.45) is 8.19. The molecule has 0 bridgehead atoms. The van der Waals surface area contributed by atoms with Crippen molar-refractivity contribution in [3.05, 3.63) is 58.3 Å². The average Bonchev–Trinajstić information content (AvgIpc) is 3.01. The number of rotatable bonds is 3. The van der Waals surface area contributed by atoms with Gasteiger partial charge in [-0.05, 0) is 44.2 Å². The van der Waals surface area contributed by atoms with E-state index in [0.29, 0.717) is 21.6 Å². The first-order valence-corrected chi connectivity index (χ1v) is 7.40. The molecule has 0 atom stereocenters. The molecule has 116 valence electrons. The van der Waals surface area contributed by atoms with E-state index in [1.165, 1.54) is 6.39 Å². The van der Waals surface area contributed by atoms with Gasteiger partial charge in [0.15, 0.2) is 17.5 Å². The summed E-state index contributed by atoms with van der Waals surface area (Å²) in [5, 5.41) is 1.33. The summed E-state index contributed by atoms with van der Waals surface area (Å²) in [4.78, 5) is 20.8. The zero-order valence-electron chi connectivity index (χ0n) is 12.7. The van der Waals surface area contributed by atoms with Crippen molar-refractivity contribution in [2.24, 2.45) is 4.99 Å². The Bertz CT molecular complexity index is 1030. The van der Waals surface area contributed by atoms with Gasteiger partial charge < -0.3 is 4.42 Å². The molecule has 0 aliphatic rings. The first kappa shape index (κ1) is 15.2. The number of aromatic nitrogens is 2. The number of benzene rings is 1. The summed E-state index contributed by atoms with van der Waals surface area (Å²) in [7, 11) is 0. The molecule has 0 fully saturated rings. The third kappa shape index (κ3) is 2.71. The van der Waals surface area contributed by atoms with Crippen molar-refractivity contribution in [1.82, 2.24) is 9.55 Å². The number of nitrogens with zero attached hydrogens (tertiary/aromatic N) is 3. The predicted molar refractivity (Wildman–Crippen MR) is 94.0 cm³/mol. The van der Waals surface area contributed by atoms with Crippen molar-refractivity contribution in [1.29, 1.82) is 0 Å². The molecule has 0 amide bonds. The van der Waals surface area contributed by atoms with E-state index in [0.717, 1.165) is 11.1 Å². The van der Waals surface area contributed by atoms with Crippen LogP contribution < -0.4 is 5.56 Å². The summed E-state index contributed by atoms with van der Waals surface area (Å²) >= 11 is 6.10. The van der Waals surface area contributed by atoms with E-state index in [2.05, 4.69) is 9.98 Å². The number of fused-ring (bicyclic) bond motifs is 3. The highest BCUT2D eigenvalue weighted by molar-refractivity contribution is 6.31. The molecule has 5 nitrogen and oxygen atoms in total. The molecular formula is C17H14ClN3O2. The Labute approximate surface area is 137 Å². The van der Waals surface area contributed by atoms with Crippen LogP contribution in [0.15, 0.2) is 57.1 Å². The number of hydrogen-bond donors (Lipinski definition) is 0. The number of allylic oxidation sites excluding steroid dienone is 3. The lowest BCUT2D eigenvalue weighted by molar-refractivity contribution is 0.605. The summed E-state index contributed by atoms with van der Waals surface area (Å²) < 4.78 is 6.96. The second kappa shape index (κ2) is 6.22. The molecule has 0 saturated carbocycles. The van der Waals surface area contributed by atoms with Gasteiger partial charge in [0.05, 0.1) is 5.52 Å². The lowest BCUT2D eigenvalue weighted by Crippen LogP contribution is -2.19. The van der Waals surface area contributed by atoms with Crippen molar-refractivity contribution >= 4 is 45.5 Å². The molecule has 0 aliphatic heterocycles. The summed E-state index contributed by atoms with van der Waals surface area (Å²) in [6.45, 7) is 3.67. The maximum Gasteiger partial charge on any atom is 0.285 e. The largest absolute Gasteiger partial charge is 0.443 e. The molecule has 1 aromatic carbocycles. The number of halogens is 1. The van der Waals surface area contributed by atoms with Gasteiger partial charge in [0.1, 0.15) is 0 Å². The molecule has 0 N–H and O–H groups in total. The third-order valence-corrected chi connectivity index (χ3v) is 3.66. The minimum absolute atomic E-state index is 0.246. The first-order chi connectivity index (χ1) is 11.1. The summed E-state index contributed by atoms with van der Waals surface area (Å²) in [5.41, 5.74) is 1.92. The Morgan fingerprint density at radius 1 is 1.43 bits per heavy atom. The summed E-state index contributed by atoms with van der Waals surface area (Å²) in [6, 6.07) is 5.33. The van der Waals surface area contributed by atoms with E-state index in [1.807, 2.05) is 19.9 Å². The van der Waals surface area contributed by atoms with Gasteiger partial charge in [-0.2, -0.15) is 0 Å². The zero-order chi connectivity index (χ0) is 16.4. The number of pyridine rings is 1.